The van der Waals surface area contributed by atoms with Crippen molar-refractivity contribution in [2.75, 3.05) is 37.6 Å². The molecule has 1 aromatic heterocycles. The molecule has 2 aliphatic heterocycles. The number of imidazole rings is 1. The summed E-state index contributed by atoms with van der Waals surface area (Å²) < 4.78 is 2.19. The molecule has 0 unspecified atom stereocenters. The Morgan fingerprint density at radius 3 is 2.53 bits per heavy atom. The summed E-state index contributed by atoms with van der Waals surface area (Å²) in [6.07, 6.45) is 1.16. The van der Waals surface area contributed by atoms with Crippen molar-refractivity contribution >= 4 is 22.6 Å². The van der Waals surface area contributed by atoms with Crippen LogP contribution >= 0.6 is 0 Å². The summed E-state index contributed by atoms with van der Waals surface area (Å²) in [4.78, 5) is 22.4. The molecule has 172 valence electrons. The van der Waals surface area contributed by atoms with Crippen LogP contribution in [0.3, 0.4) is 0 Å². The van der Waals surface area contributed by atoms with Crippen molar-refractivity contribution in [3.63, 3.8) is 0 Å². The molecule has 0 saturated carbocycles. The van der Waals surface area contributed by atoms with E-state index in [-0.39, 0.29) is 5.91 Å². The Morgan fingerprint density at radius 1 is 0.824 bits per heavy atom. The van der Waals surface area contributed by atoms with E-state index < -0.39 is 0 Å². The maximum absolute atomic E-state index is 12.4. The van der Waals surface area contributed by atoms with Crippen LogP contribution in [-0.2, 0) is 13.1 Å². The smallest absolute Gasteiger partial charge is 0.253 e. The molecule has 0 spiro atoms. The topological polar surface area (TPSA) is 53.4 Å². The molecule has 1 saturated heterocycles. The minimum atomic E-state index is -0.0198. The SMILES string of the molecule is O=C1NCCn2c(-c3ccc(N4CCCN(Cc5ccccc5)CC4)cc3)nc3cccc1c32. The number of amides is 1. The van der Waals surface area contributed by atoms with Gasteiger partial charge in [-0.2, -0.15) is 0 Å². The zero-order valence-corrected chi connectivity index (χ0v) is 19.3. The molecule has 1 amide bonds. The highest BCUT2D eigenvalue weighted by Crippen LogP contribution is 2.30. The first kappa shape index (κ1) is 20.9. The zero-order valence-electron chi connectivity index (χ0n) is 19.3. The van der Waals surface area contributed by atoms with Gasteiger partial charge in [-0.05, 0) is 48.4 Å². The molecule has 6 heteroatoms. The molecule has 0 aliphatic carbocycles. The zero-order chi connectivity index (χ0) is 22.9. The Kier molecular flexibility index (Phi) is 5.51. The summed E-state index contributed by atoms with van der Waals surface area (Å²) in [6.45, 7) is 6.64. The lowest BCUT2D eigenvalue weighted by atomic mass is 10.1. The second-order valence-corrected chi connectivity index (χ2v) is 9.17. The first-order valence-electron chi connectivity index (χ1n) is 12.2. The molecule has 3 heterocycles. The Labute approximate surface area is 199 Å². The molecule has 3 aromatic carbocycles. The van der Waals surface area contributed by atoms with Crippen molar-refractivity contribution in [2.45, 2.75) is 19.5 Å². The molecule has 6 nitrogen and oxygen atoms in total. The van der Waals surface area contributed by atoms with E-state index in [4.69, 9.17) is 4.98 Å². The third kappa shape index (κ3) is 3.94. The number of anilines is 1. The number of para-hydroxylation sites is 1. The average molecular weight is 452 g/mol. The van der Waals surface area contributed by atoms with Gasteiger partial charge in [-0.25, -0.2) is 4.98 Å². The molecule has 34 heavy (non-hydrogen) atoms. The van der Waals surface area contributed by atoms with Gasteiger partial charge < -0.3 is 14.8 Å². The largest absolute Gasteiger partial charge is 0.370 e. The van der Waals surface area contributed by atoms with Crippen LogP contribution in [0.5, 0.6) is 0 Å². The van der Waals surface area contributed by atoms with Gasteiger partial charge in [0.1, 0.15) is 5.82 Å². The molecule has 2 aliphatic rings. The Bertz CT molecular complexity index is 1310. The first-order valence-corrected chi connectivity index (χ1v) is 12.2. The third-order valence-corrected chi connectivity index (χ3v) is 6.96. The third-order valence-electron chi connectivity index (χ3n) is 6.96. The molecular formula is C28H29N5O. The van der Waals surface area contributed by atoms with Crippen molar-refractivity contribution in [2.24, 2.45) is 0 Å². The van der Waals surface area contributed by atoms with Crippen LogP contribution in [0.1, 0.15) is 22.3 Å². The molecule has 0 radical (unpaired) electrons. The highest BCUT2D eigenvalue weighted by Gasteiger charge is 2.22. The Balaban J connectivity index is 1.21. The van der Waals surface area contributed by atoms with Crippen LogP contribution in [0.15, 0.2) is 72.8 Å². The molecule has 4 aromatic rings. The van der Waals surface area contributed by atoms with Gasteiger partial charge in [0.05, 0.1) is 16.6 Å². The maximum atomic E-state index is 12.4. The summed E-state index contributed by atoms with van der Waals surface area (Å²) in [7, 11) is 0. The number of hydrogen-bond acceptors (Lipinski definition) is 4. The lowest BCUT2D eigenvalue weighted by Gasteiger charge is -2.24. The van der Waals surface area contributed by atoms with Gasteiger partial charge in [0, 0.05) is 57.1 Å². The number of hydrogen-bond donors (Lipinski definition) is 1. The number of rotatable bonds is 4. The van der Waals surface area contributed by atoms with Gasteiger partial charge in [0.25, 0.3) is 5.91 Å². The summed E-state index contributed by atoms with van der Waals surface area (Å²) in [5, 5.41) is 2.99. The highest BCUT2D eigenvalue weighted by atomic mass is 16.1. The van der Waals surface area contributed by atoms with E-state index in [0.717, 1.165) is 68.1 Å². The fourth-order valence-electron chi connectivity index (χ4n) is 5.23. The van der Waals surface area contributed by atoms with Crippen molar-refractivity contribution in [3.8, 4) is 11.4 Å². The van der Waals surface area contributed by atoms with E-state index in [1.807, 2.05) is 18.2 Å². The van der Waals surface area contributed by atoms with Crippen LogP contribution < -0.4 is 10.2 Å². The molecular weight excluding hydrogens is 422 g/mol. The molecule has 6 rings (SSSR count). The molecule has 1 fully saturated rings. The lowest BCUT2D eigenvalue weighted by molar-refractivity contribution is 0.0956. The Hall–Kier alpha value is -3.64. The quantitative estimate of drug-likeness (QED) is 0.506. The minimum Gasteiger partial charge on any atom is -0.370 e. The van der Waals surface area contributed by atoms with E-state index >= 15 is 0 Å². The average Bonchev–Trinajstić information content (AvgIpc) is 2.98. The van der Waals surface area contributed by atoms with Crippen molar-refractivity contribution in [1.82, 2.24) is 19.8 Å². The fourth-order valence-corrected chi connectivity index (χ4v) is 5.23. The van der Waals surface area contributed by atoms with E-state index in [1.165, 1.54) is 11.3 Å². The monoisotopic (exact) mass is 451 g/mol. The number of carbonyl (C=O) groups excluding carboxylic acids is 1. The van der Waals surface area contributed by atoms with Crippen LogP contribution in [0.4, 0.5) is 5.69 Å². The predicted octanol–water partition coefficient (Wildman–Crippen LogP) is 4.16. The first-order chi connectivity index (χ1) is 16.8. The second-order valence-electron chi connectivity index (χ2n) is 9.17. The predicted molar refractivity (Wildman–Crippen MR) is 136 cm³/mol. The van der Waals surface area contributed by atoms with Gasteiger partial charge in [0.15, 0.2) is 0 Å². The maximum Gasteiger partial charge on any atom is 0.253 e. The summed E-state index contributed by atoms with van der Waals surface area (Å²) >= 11 is 0. The van der Waals surface area contributed by atoms with Gasteiger partial charge in [-0.1, -0.05) is 36.4 Å². The van der Waals surface area contributed by atoms with E-state index in [1.54, 1.807) is 0 Å². The number of aromatic nitrogens is 2. The summed E-state index contributed by atoms with van der Waals surface area (Å²) in [6, 6.07) is 25.3. The highest BCUT2D eigenvalue weighted by molar-refractivity contribution is 6.06. The van der Waals surface area contributed by atoms with E-state index in [2.05, 4.69) is 74.3 Å². The standard InChI is InChI=1S/C28H29N5O/c34-28-24-8-4-9-25-26(24)33(17-14-29-28)27(30-25)22-10-12-23(13-11-22)32-16-5-15-31(18-19-32)20-21-6-2-1-3-7-21/h1-4,6-13H,5,14-20H2,(H,29,34). The number of benzene rings is 3. The van der Waals surface area contributed by atoms with Crippen molar-refractivity contribution < 1.29 is 4.79 Å². The van der Waals surface area contributed by atoms with Crippen LogP contribution in [0.25, 0.3) is 22.4 Å². The number of nitrogens with one attached hydrogen (secondary N) is 1. The second kappa shape index (κ2) is 8.95. The summed E-state index contributed by atoms with van der Waals surface area (Å²) in [5.74, 6) is 0.907. The molecule has 1 N–H and O–H groups in total. The van der Waals surface area contributed by atoms with Crippen LogP contribution in [0, 0.1) is 0 Å². The molecule has 0 bridgehead atoms. The fraction of sp³-hybridized carbons (Fsp3) is 0.286. The van der Waals surface area contributed by atoms with E-state index in [0.29, 0.717) is 12.1 Å². The van der Waals surface area contributed by atoms with E-state index in [9.17, 15) is 4.79 Å². The van der Waals surface area contributed by atoms with Gasteiger partial charge in [0.2, 0.25) is 0 Å². The van der Waals surface area contributed by atoms with Gasteiger partial charge >= 0.3 is 0 Å². The minimum absolute atomic E-state index is 0.0198. The lowest BCUT2D eigenvalue weighted by Crippen LogP contribution is -2.30. The van der Waals surface area contributed by atoms with Gasteiger partial charge in [-0.3, -0.25) is 9.69 Å². The summed E-state index contributed by atoms with van der Waals surface area (Å²) in [5.41, 5.74) is 6.24. The Morgan fingerprint density at radius 2 is 1.68 bits per heavy atom. The molecule has 0 atom stereocenters. The van der Waals surface area contributed by atoms with Crippen molar-refractivity contribution in [1.29, 1.82) is 0 Å². The van der Waals surface area contributed by atoms with Crippen molar-refractivity contribution in [3.05, 3.63) is 83.9 Å². The number of carbonyl (C=O) groups is 1. The van der Waals surface area contributed by atoms with Gasteiger partial charge in [-0.15, -0.1) is 0 Å². The number of nitrogens with zero attached hydrogens (tertiary/aromatic N) is 4. The van der Waals surface area contributed by atoms with Crippen LogP contribution in [0.2, 0.25) is 0 Å². The van der Waals surface area contributed by atoms with Crippen LogP contribution in [-0.4, -0.2) is 53.1 Å². The normalized spacial score (nSPS) is 16.8.